The van der Waals surface area contributed by atoms with Gasteiger partial charge in [-0.1, -0.05) is 66.7 Å². The molecule has 3 amide bonds. The molecule has 0 aliphatic heterocycles. The molecular formula is C34H36N6O5S. The Labute approximate surface area is 270 Å². The van der Waals surface area contributed by atoms with E-state index < -0.39 is 47.9 Å². The summed E-state index contributed by atoms with van der Waals surface area (Å²) in [7, 11) is 0. The molecule has 2 heterocycles. The van der Waals surface area contributed by atoms with E-state index >= 15 is 0 Å². The van der Waals surface area contributed by atoms with Gasteiger partial charge in [0, 0.05) is 52.8 Å². The number of fused-ring (bicyclic) bond motifs is 2. The van der Waals surface area contributed by atoms with Crippen molar-refractivity contribution in [2.75, 3.05) is 5.75 Å². The minimum Gasteiger partial charge on any atom is -0.480 e. The summed E-state index contributed by atoms with van der Waals surface area (Å²) in [6.45, 7) is 0. The van der Waals surface area contributed by atoms with Crippen LogP contribution in [0, 0.1) is 0 Å². The Hall–Kier alpha value is -5.07. The molecule has 0 bridgehead atoms. The normalized spacial score (nSPS) is 13.9. The first-order chi connectivity index (χ1) is 22.2. The van der Waals surface area contributed by atoms with Gasteiger partial charge in [0.05, 0.1) is 6.04 Å². The third-order valence-electron chi connectivity index (χ3n) is 7.90. The van der Waals surface area contributed by atoms with Crippen molar-refractivity contribution < 1.29 is 24.3 Å². The SMILES string of the molecule is NC(Cc1c[nH]c2ccccc12)C(=O)NC(Cc1ccccc1)C(=O)NC(CS)C(=O)NC(Cc1c[nH]c2ccccc12)C(=O)O. The van der Waals surface area contributed by atoms with Crippen molar-refractivity contribution >= 4 is 58.1 Å². The van der Waals surface area contributed by atoms with Crippen molar-refractivity contribution in [3.8, 4) is 0 Å². The van der Waals surface area contributed by atoms with Gasteiger partial charge in [-0.05, 0) is 35.2 Å². The number of hydrogen-bond acceptors (Lipinski definition) is 6. The average Bonchev–Trinajstić information content (AvgIpc) is 3.67. The molecule has 4 unspecified atom stereocenters. The lowest BCUT2D eigenvalue weighted by Gasteiger charge is -2.24. The summed E-state index contributed by atoms with van der Waals surface area (Å²) in [5.41, 5.74) is 10.5. The molecule has 0 radical (unpaired) electrons. The van der Waals surface area contributed by atoms with Gasteiger partial charge in [0.1, 0.15) is 18.1 Å². The van der Waals surface area contributed by atoms with Crippen LogP contribution in [0.15, 0.2) is 91.3 Å². The van der Waals surface area contributed by atoms with Gasteiger partial charge in [-0.25, -0.2) is 4.79 Å². The number of rotatable bonds is 14. The molecule has 3 aromatic carbocycles. The van der Waals surface area contributed by atoms with E-state index in [4.69, 9.17) is 5.73 Å². The Bertz CT molecular complexity index is 1840. The molecule has 8 N–H and O–H groups in total. The number of carbonyl (C=O) groups excluding carboxylic acids is 3. The topological polar surface area (TPSA) is 182 Å². The second-order valence-electron chi connectivity index (χ2n) is 11.1. The average molecular weight is 641 g/mol. The van der Waals surface area contributed by atoms with Crippen LogP contribution in [0.1, 0.15) is 16.7 Å². The number of hydrogen-bond donors (Lipinski definition) is 8. The van der Waals surface area contributed by atoms with E-state index in [9.17, 15) is 24.3 Å². The van der Waals surface area contributed by atoms with Gasteiger partial charge in [-0.2, -0.15) is 12.6 Å². The Morgan fingerprint density at radius 1 is 0.652 bits per heavy atom. The van der Waals surface area contributed by atoms with Gasteiger partial charge in [0.15, 0.2) is 0 Å². The minimum atomic E-state index is -1.26. The molecule has 4 atom stereocenters. The Kier molecular flexibility index (Phi) is 10.4. The largest absolute Gasteiger partial charge is 0.480 e. The third kappa shape index (κ3) is 7.76. The molecule has 0 fully saturated rings. The quantitative estimate of drug-likeness (QED) is 0.0863. The van der Waals surface area contributed by atoms with E-state index in [-0.39, 0.29) is 25.0 Å². The second kappa shape index (κ2) is 14.8. The molecule has 0 saturated heterocycles. The predicted octanol–water partition coefficient (Wildman–Crippen LogP) is 2.47. The van der Waals surface area contributed by atoms with Crippen molar-refractivity contribution in [2.45, 2.75) is 43.4 Å². The summed E-state index contributed by atoms with van der Waals surface area (Å²) in [5.74, 6) is -3.20. The molecule has 11 nitrogen and oxygen atoms in total. The highest BCUT2D eigenvalue weighted by atomic mass is 32.1. The number of nitrogens with one attached hydrogen (secondary N) is 5. The van der Waals surface area contributed by atoms with Crippen LogP contribution in [0.2, 0.25) is 0 Å². The van der Waals surface area contributed by atoms with E-state index in [1.54, 1.807) is 6.20 Å². The molecule has 12 heteroatoms. The van der Waals surface area contributed by atoms with Crippen molar-refractivity contribution in [1.82, 2.24) is 25.9 Å². The van der Waals surface area contributed by atoms with E-state index in [1.165, 1.54) is 0 Å². The summed E-state index contributed by atoms with van der Waals surface area (Å²) >= 11 is 4.25. The highest BCUT2D eigenvalue weighted by Crippen LogP contribution is 2.20. The molecule has 5 rings (SSSR count). The number of aromatic amines is 2. The predicted molar refractivity (Wildman–Crippen MR) is 179 cm³/mol. The zero-order valence-corrected chi connectivity index (χ0v) is 25.8. The fourth-order valence-corrected chi connectivity index (χ4v) is 5.68. The number of aliphatic carboxylic acids is 1. The molecule has 0 spiro atoms. The number of H-pyrrole nitrogens is 2. The number of nitrogens with two attached hydrogens (primary N) is 1. The Morgan fingerprint density at radius 3 is 1.74 bits per heavy atom. The smallest absolute Gasteiger partial charge is 0.326 e. The number of carboxylic acids is 1. The number of para-hydroxylation sites is 2. The number of carbonyl (C=O) groups is 4. The Morgan fingerprint density at radius 2 is 1.15 bits per heavy atom. The zero-order chi connectivity index (χ0) is 32.6. The second-order valence-corrected chi connectivity index (χ2v) is 11.5. The highest BCUT2D eigenvalue weighted by Gasteiger charge is 2.30. The lowest BCUT2D eigenvalue weighted by Crippen LogP contribution is -2.58. The van der Waals surface area contributed by atoms with Gasteiger partial charge in [-0.3, -0.25) is 14.4 Å². The lowest BCUT2D eigenvalue weighted by molar-refractivity contribution is -0.142. The van der Waals surface area contributed by atoms with E-state index in [0.717, 1.165) is 38.5 Å². The van der Waals surface area contributed by atoms with Gasteiger partial charge < -0.3 is 36.8 Å². The first-order valence-corrected chi connectivity index (χ1v) is 15.5. The molecule has 238 valence electrons. The van der Waals surface area contributed by atoms with Crippen LogP contribution >= 0.6 is 12.6 Å². The molecule has 5 aromatic rings. The van der Waals surface area contributed by atoms with Gasteiger partial charge in [0.25, 0.3) is 0 Å². The molecule has 46 heavy (non-hydrogen) atoms. The number of benzene rings is 3. The van der Waals surface area contributed by atoms with E-state index in [1.807, 2.05) is 85.1 Å². The number of carboxylic acid groups (broad SMARTS) is 1. The van der Waals surface area contributed by atoms with E-state index in [0.29, 0.717) is 0 Å². The summed E-state index contributed by atoms with van der Waals surface area (Å²) in [5, 5.41) is 19.6. The van der Waals surface area contributed by atoms with E-state index in [2.05, 4.69) is 38.5 Å². The molecule has 0 aliphatic carbocycles. The van der Waals surface area contributed by atoms with Crippen LogP contribution < -0.4 is 21.7 Å². The van der Waals surface area contributed by atoms with Crippen molar-refractivity contribution in [1.29, 1.82) is 0 Å². The number of aromatic nitrogens is 2. The monoisotopic (exact) mass is 640 g/mol. The summed E-state index contributed by atoms with van der Waals surface area (Å²) in [6, 6.07) is 19.8. The third-order valence-corrected chi connectivity index (χ3v) is 8.26. The van der Waals surface area contributed by atoms with Gasteiger partial charge >= 0.3 is 5.97 Å². The van der Waals surface area contributed by atoms with Crippen LogP contribution in [0.25, 0.3) is 21.8 Å². The van der Waals surface area contributed by atoms with Crippen LogP contribution in [0.4, 0.5) is 0 Å². The first-order valence-electron chi connectivity index (χ1n) is 14.9. The van der Waals surface area contributed by atoms with Crippen LogP contribution in [-0.2, 0) is 38.4 Å². The maximum absolute atomic E-state index is 13.6. The molecule has 2 aromatic heterocycles. The van der Waals surface area contributed by atoms with Crippen molar-refractivity contribution in [3.05, 3.63) is 108 Å². The molecule has 0 saturated carbocycles. The van der Waals surface area contributed by atoms with Gasteiger partial charge in [-0.15, -0.1) is 0 Å². The number of amides is 3. The van der Waals surface area contributed by atoms with Crippen LogP contribution in [-0.4, -0.2) is 68.7 Å². The highest BCUT2D eigenvalue weighted by molar-refractivity contribution is 7.80. The van der Waals surface area contributed by atoms with Crippen molar-refractivity contribution in [2.24, 2.45) is 5.73 Å². The lowest BCUT2D eigenvalue weighted by atomic mass is 10.0. The maximum atomic E-state index is 13.6. The minimum absolute atomic E-state index is 0.0271. The first kappa shape index (κ1) is 32.3. The molecule has 0 aliphatic rings. The van der Waals surface area contributed by atoms with Crippen LogP contribution in [0.3, 0.4) is 0 Å². The zero-order valence-electron chi connectivity index (χ0n) is 24.9. The standard InChI is InChI=1S/C34H36N6O5S/c35-25(15-21-17-36-26-12-6-4-10-23(21)26)31(41)38-28(14-20-8-2-1-3-9-20)32(42)40-30(19-46)33(43)39-29(34(44)45)16-22-18-37-27-13-7-5-11-24(22)27/h1-13,17-18,25,28-30,36-37,46H,14-16,19,35H2,(H,38,41)(H,39,43)(H,40,42)(H,44,45). The Balaban J connectivity index is 1.26. The summed E-state index contributed by atoms with van der Waals surface area (Å²) in [4.78, 5) is 58.5. The number of thiol groups is 1. The summed E-state index contributed by atoms with van der Waals surface area (Å²) in [6.07, 6.45) is 3.93. The summed E-state index contributed by atoms with van der Waals surface area (Å²) < 4.78 is 0. The fourth-order valence-electron chi connectivity index (χ4n) is 5.43. The maximum Gasteiger partial charge on any atom is 0.326 e. The fraction of sp³-hybridized carbons (Fsp3) is 0.235. The van der Waals surface area contributed by atoms with Gasteiger partial charge in [0.2, 0.25) is 17.7 Å². The van der Waals surface area contributed by atoms with Crippen LogP contribution in [0.5, 0.6) is 0 Å². The van der Waals surface area contributed by atoms with Crippen molar-refractivity contribution in [3.63, 3.8) is 0 Å². The molecular weight excluding hydrogens is 604 g/mol.